The zero-order valence-electron chi connectivity index (χ0n) is 11.2. The summed E-state index contributed by atoms with van der Waals surface area (Å²) >= 11 is 1.45. The molecule has 6 heteroatoms. The highest BCUT2D eigenvalue weighted by atomic mass is 32.1. The predicted molar refractivity (Wildman–Crippen MR) is 81.9 cm³/mol. The van der Waals surface area contributed by atoms with Crippen molar-refractivity contribution in [2.24, 2.45) is 0 Å². The van der Waals surface area contributed by atoms with Crippen molar-refractivity contribution < 1.29 is 13.6 Å². The number of halogens is 2. The number of aromatic nitrogens is 1. The quantitative estimate of drug-likeness (QED) is 0.781. The average Bonchev–Trinajstić information content (AvgIpc) is 3.04. The van der Waals surface area contributed by atoms with Gasteiger partial charge in [0.1, 0.15) is 11.6 Å². The number of hydrogen-bond acceptors (Lipinski definition) is 3. The molecule has 3 nitrogen and oxygen atoms in total. The Kier molecular flexibility index (Phi) is 3.93. The molecule has 3 aromatic rings. The summed E-state index contributed by atoms with van der Waals surface area (Å²) in [7, 11) is 0. The molecule has 0 fully saturated rings. The lowest BCUT2D eigenvalue weighted by molar-refractivity contribution is 0.102. The first-order valence-electron chi connectivity index (χ1n) is 6.40. The number of nitrogens with zero attached hydrogens (tertiary/aromatic N) is 1. The molecule has 2 aromatic heterocycles. The van der Waals surface area contributed by atoms with E-state index in [1.54, 1.807) is 18.3 Å². The Morgan fingerprint density at radius 2 is 2.00 bits per heavy atom. The van der Waals surface area contributed by atoms with Gasteiger partial charge >= 0.3 is 0 Å². The fourth-order valence-corrected chi connectivity index (χ4v) is 2.71. The fraction of sp³-hybridized carbons (Fsp3) is 0. The van der Waals surface area contributed by atoms with E-state index in [1.165, 1.54) is 17.4 Å². The third-order valence-corrected chi connectivity index (χ3v) is 3.86. The van der Waals surface area contributed by atoms with Gasteiger partial charge in [-0.25, -0.2) is 8.78 Å². The van der Waals surface area contributed by atoms with E-state index in [2.05, 4.69) is 10.3 Å². The number of anilines is 1. The molecule has 0 unspecified atom stereocenters. The lowest BCUT2D eigenvalue weighted by Gasteiger charge is -2.09. The van der Waals surface area contributed by atoms with Gasteiger partial charge in [0.05, 0.1) is 21.8 Å². The predicted octanol–water partition coefficient (Wildman–Crippen LogP) is 4.34. The van der Waals surface area contributed by atoms with Crippen LogP contribution in [0.1, 0.15) is 10.4 Å². The topological polar surface area (TPSA) is 42.0 Å². The van der Waals surface area contributed by atoms with Crippen LogP contribution in [0.25, 0.3) is 10.6 Å². The van der Waals surface area contributed by atoms with Crippen molar-refractivity contribution in [3.63, 3.8) is 0 Å². The van der Waals surface area contributed by atoms with Crippen LogP contribution in [0.5, 0.6) is 0 Å². The Labute approximate surface area is 129 Å². The maximum Gasteiger partial charge on any atom is 0.257 e. The third-order valence-electron chi connectivity index (χ3n) is 2.99. The Balaban J connectivity index is 1.93. The van der Waals surface area contributed by atoms with Crippen LogP contribution in [-0.2, 0) is 0 Å². The van der Waals surface area contributed by atoms with Crippen LogP contribution < -0.4 is 5.32 Å². The standard InChI is InChI=1S/C16H10F2N2OS/c17-10-5-6-13(12(18)9-10)20-16(21)11-3-1-7-19-15(11)14-4-2-8-22-14/h1-9H,(H,20,21). The van der Waals surface area contributed by atoms with Crippen LogP contribution >= 0.6 is 11.3 Å². The molecule has 0 bridgehead atoms. The minimum absolute atomic E-state index is 0.0765. The Morgan fingerprint density at radius 3 is 2.73 bits per heavy atom. The second-order valence-electron chi connectivity index (χ2n) is 4.46. The van der Waals surface area contributed by atoms with Gasteiger partial charge in [-0.3, -0.25) is 9.78 Å². The highest BCUT2D eigenvalue weighted by Gasteiger charge is 2.16. The number of hydrogen-bond donors (Lipinski definition) is 1. The van der Waals surface area contributed by atoms with E-state index in [0.29, 0.717) is 11.3 Å². The largest absolute Gasteiger partial charge is 0.319 e. The summed E-state index contributed by atoms with van der Waals surface area (Å²) in [5.74, 6) is -2.02. The number of benzene rings is 1. The van der Waals surface area contributed by atoms with Crippen LogP contribution in [0.4, 0.5) is 14.5 Å². The molecule has 0 spiro atoms. The van der Waals surface area contributed by atoms with Crippen LogP contribution in [-0.4, -0.2) is 10.9 Å². The van der Waals surface area contributed by atoms with E-state index < -0.39 is 17.5 Å². The van der Waals surface area contributed by atoms with Crippen LogP contribution in [0.2, 0.25) is 0 Å². The van der Waals surface area contributed by atoms with E-state index in [-0.39, 0.29) is 5.69 Å². The normalized spacial score (nSPS) is 10.5. The average molecular weight is 316 g/mol. The van der Waals surface area contributed by atoms with Crippen molar-refractivity contribution in [3.8, 4) is 10.6 Å². The van der Waals surface area contributed by atoms with E-state index >= 15 is 0 Å². The maximum atomic E-state index is 13.6. The molecule has 1 N–H and O–H groups in total. The Hall–Kier alpha value is -2.60. The molecule has 1 amide bonds. The monoisotopic (exact) mass is 316 g/mol. The lowest BCUT2D eigenvalue weighted by atomic mass is 10.1. The second-order valence-corrected chi connectivity index (χ2v) is 5.40. The molecular weight excluding hydrogens is 306 g/mol. The van der Waals surface area contributed by atoms with Gasteiger partial charge in [0.15, 0.2) is 0 Å². The van der Waals surface area contributed by atoms with Gasteiger partial charge in [0.2, 0.25) is 0 Å². The van der Waals surface area contributed by atoms with E-state index in [1.807, 2.05) is 17.5 Å². The number of rotatable bonds is 3. The molecule has 0 aliphatic heterocycles. The molecule has 110 valence electrons. The lowest BCUT2D eigenvalue weighted by Crippen LogP contribution is -2.14. The number of amides is 1. The van der Waals surface area contributed by atoms with E-state index in [9.17, 15) is 13.6 Å². The summed E-state index contributed by atoms with van der Waals surface area (Å²) in [6, 6.07) is 9.94. The number of thiophene rings is 1. The smallest absolute Gasteiger partial charge is 0.257 e. The Bertz CT molecular complexity index is 819. The van der Waals surface area contributed by atoms with Crippen molar-refractivity contribution in [1.82, 2.24) is 4.98 Å². The van der Waals surface area contributed by atoms with E-state index in [4.69, 9.17) is 0 Å². The first kappa shape index (κ1) is 14.3. The van der Waals surface area contributed by atoms with Crippen LogP contribution in [0.15, 0.2) is 54.0 Å². The molecular formula is C16H10F2N2OS. The Morgan fingerprint density at radius 1 is 1.14 bits per heavy atom. The summed E-state index contributed by atoms with van der Waals surface area (Å²) in [6.45, 7) is 0. The van der Waals surface area contributed by atoms with Crippen molar-refractivity contribution in [2.75, 3.05) is 5.32 Å². The van der Waals surface area contributed by atoms with E-state index in [0.717, 1.165) is 17.0 Å². The molecule has 0 atom stereocenters. The van der Waals surface area contributed by atoms with Gasteiger partial charge in [-0.1, -0.05) is 6.07 Å². The number of pyridine rings is 1. The van der Waals surface area contributed by atoms with Gasteiger partial charge in [0, 0.05) is 12.3 Å². The highest BCUT2D eigenvalue weighted by Crippen LogP contribution is 2.26. The van der Waals surface area contributed by atoms with Crippen molar-refractivity contribution in [3.05, 3.63) is 71.2 Å². The molecule has 1 aromatic carbocycles. The third kappa shape index (κ3) is 2.87. The summed E-state index contributed by atoms with van der Waals surface area (Å²) in [6.07, 6.45) is 1.59. The van der Waals surface area contributed by atoms with Crippen LogP contribution in [0.3, 0.4) is 0 Å². The second kappa shape index (κ2) is 6.03. The van der Waals surface area contributed by atoms with Crippen molar-refractivity contribution >= 4 is 22.9 Å². The number of carbonyl (C=O) groups is 1. The maximum absolute atomic E-state index is 13.6. The van der Waals surface area contributed by atoms with Gasteiger partial charge in [-0.05, 0) is 35.7 Å². The molecule has 0 saturated heterocycles. The summed E-state index contributed by atoms with van der Waals surface area (Å²) < 4.78 is 26.5. The SMILES string of the molecule is O=C(Nc1ccc(F)cc1F)c1cccnc1-c1cccs1. The zero-order valence-corrected chi connectivity index (χ0v) is 12.0. The minimum Gasteiger partial charge on any atom is -0.319 e. The minimum atomic E-state index is -0.824. The van der Waals surface area contributed by atoms with Gasteiger partial charge in [0.25, 0.3) is 5.91 Å². The van der Waals surface area contributed by atoms with Gasteiger partial charge < -0.3 is 5.32 Å². The first-order chi connectivity index (χ1) is 10.6. The van der Waals surface area contributed by atoms with Crippen molar-refractivity contribution in [2.45, 2.75) is 0 Å². The molecule has 2 heterocycles. The summed E-state index contributed by atoms with van der Waals surface area (Å²) in [5, 5.41) is 4.32. The fourth-order valence-electron chi connectivity index (χ4n) is 1.98. The molecule has 22 heavy (non-hydrogen) atoms. The molecule has 0 aliphatic rings. The van der Waals surface area contributed by atoms with Gasteiger partial charge in [-0.2, -0.15) is 0 Å². The highest BCUT2D eigenvalue weighted by molar-refractivity contribution is 7.13. The van der Waals surface area contributed by atoms with Crippen molar-refractivity contribution in [1.29, 1.82) is 0 Å². The van der Waals surface area contributed by atoms with Gasteiger partial charge in [-0.15, -0.1) is 11.3 Å². The van der Waals surface area contributed by atoms with Crippen LogP contribution in [0, 0.1) is 11.6 Å². The number of nitrogens with one attached hydrogen (secondary N) is 1. The number of carbonyl (C=O) groups excluding carboxylic acids is 1. The molecule has 0 aliphatic carbocycles. The molecule has 3 rings (SSSR count). The summed E-state index contributed by atoms with van der Waals surface area (Å²) in [5.41, 5.74) is 0.776. The zero-order chi connectivity index (χ0) is 15.5. The summed E-state index contributed by atoms with van der Waals surface area (Å²) in [4.78, 5) is 17.4. The molecule has 0 saturated carbocycles. The first-order valence-corrected chi connectivity index (χ1v) is 7.28. The molecule has 0 radical (unpaired) electrons.